The topological polar surface area (TPSA) is 36.7 Å². The minimum Gasteiger partial charge on any atom is -0.240 e. The van der Waals surface area contributed by atoms with Gasteiger partial charge in [0.25, 0.3) is 6.43 Å². The standard InChI is InChI=1S/C8H2F5IN2/c9-7(10)6-5(8(11,12)13)3(2-15)1-4(14)16-6/h1,7H. The van der Waals surface area contributed by atoms with E-state index in [1.807, 2.05) is 0 Å². The molecule has 0 saturated heterocycles. The van der Waals surface area contributed by atoms with Crippen LogP contribution in [0.15, 0.2) is 6.07 Å². The zero-order chi connectivity index (χ0) is 12.5. The van der Waals surface area contributed by atoms with Crippen molar-refractivity contribution in [3.05, 3.63) is 26.6 Å². The van der Waals surface area contributed by atoms with Crippen LogP contribution in [-0.4, -0.2) is 4.98 Å². The predicted octanol–water partition coefficient (Wildman–Crippen LogP) is 3.51. The summed E-state index contributed by atoms with van der Waals surface area (Å²) in [6.45, 7) is 0. The SMILES string of the molecule is N#Cc1cc(I)nc(C(F)F)c1C(F)(F)F. The van der Waals surface area contributed by atoms with Crippen molar-refractivity contribution in [3.63, 3.8) is 0 Å². The largest absolute Gasteiger partial charge is 0.419 e. The molecule has 1 aromatic rings. The third-order valence-corrected chi connectivity index (χ3v) is 2.18. The van der Waals surface area contributed by atoms with Crippen molar-refractivity contribution in [3.8, 4) is 6.07 Å². The summed E-state index contributed by atoms with van der Waals surface area (Å²) >= 11 is 1.47. The van der Waals surface area contributed by atoms with Gasteiger partial charge in [0.05, 0.1) is 11.6 Å². The fraction of sp³-hybridized carbons (Fsp3) is 0.250. The second kappa shape index (κ2) is 4.48. The van der Waals surface area contributed by atoms with E-state index < -0.39 is 29.4 Å². The number of rotatable bonds is 1. The fourth-order valence-electron chi connectivity index (χ4n) is 1.08. The van der Waals surface area contributed by atoms with Crippen molar-refractivity contribution in [2.75, 3.05) is 0 Å². The highest BCUT2D eigenvalue weighted by atomic mass is 127. The second-order valence-electron chi connectivity index (χ2n) is 2.66. The Balaban J connectivity index is 3.60. The fourth-order valence-corrected chi connectivity index (χ4v) is 1.65. The molecule has 0 aliphatic rings. The molecule has 0 aliphatic carbocycles. The Labute approximate surface area is 100 Å². The molecular weight excluding hydrogens is 346 g/mol. The van der Waals surface area contributed by atoms with Crippen molar-refractivity contribution < 1.29 is 22.0 Å². The summed E-state index contributed by atoms with van der Waals surface area (Å²) in [6, 6.07) is 2.05. The Morgan fingerprint density at radius 3 is 2.31 bits per heavy atom. The molecule has 0 spiro atoms. The van der Waals surface area contributed by atoms with E-state index in [9.17, 15) is 22.0 Å². The third-order valence-electron chi connectivity index (χ3n) is 1.63. The van der Waals surface area contributed by atoms with E-state index in [4.69, 9.17) is 5.26 Å². The molecule has 0 atom stereocenters. The van der Waals surface area contributed by atoms with E-state index in [1.54, 1.807) is 0 Å². The number of pyridine rings is 1. The minimum absolute atomic E-state index is 0.0857. The van der Waals surface area contributed by atoms with E-state index >= 15 is 0 Å². The maximum Gasteiger partial charge on any atom is 0.419 e. The van der Waals surface area contributed by atoms with Gasteiger partial charge in [0.1, 0.15) is 15.0 Å². The lowest BCUT2D eigenvalue weighted by atomic mass is 10.1. The van der Waals surface area contributed by atoms with E-state index in [-0.39, 0.29) is 3.70 Å². The molecule has 0 saturated carbocycles. The quantitative estimate of drug-likeness (QED) is 0.443. The van der Waals surface area contributed by atoms with E-state index in [0.29, 0.717) is 0 Å². The molecule has 1 aromatic heterocycles. The van der Waals surface area contributed by atoms with Crippen LogP contribution in [0, 0.1) is 15.0 Å². The van der Waals surface area contributed by atoms with Crippen LogP contribution in [0.1, 0.15) is 23.2 Å². The average molecular weight is 348 g/mol. The molecule has 0 aromatic carbocycles. The molecule has 0 N–H and O–H groups in total. The number of hydrogen-bond donors (Lipinski definition) is 0. The van der Waals surface area contributed by atoms with Gasteiger partial charge in [-0.1, -0.05) is 0 Å². The maximum atomic E-state index is 12.5. The zero-order valence-corrected chi connectivity index (χ0v) is 9.47. The van der Waals surface area contributed by atoms with Gasteiger partial charge in [-0.15, -0.1) is 0 Å². The lowest BCUT2D eigenvalue weighted by Crippen LogP contribution is -2.14. The molecular formula is C8H2F5IN2. The van der Waals surface area contributed by atoms with Crippen LogP contribution < -0.4 is 0 Å². The van der Waals surface area contributed by atoms with Gasteiger partial charge in [0.2, 0.25) is 0 Å². The average Bonchev–Trinajstić information content (AvgIpc) is 2.14. The molecule has 86 valence electrons. The first-order valence-electron chi connectivity index (χ1n) is 3.73. The number of hydrogen-bond acceptors (Lipinski definition) is 2. The lowest BCUT2D eigenvalue weighted by Gasteiger charge is -2.13. The van der Waals surface area contributed by atoms with Crippen LogP contribution in [0.3, 0.4) is 0 Å². The molecule has 2 nitrogen and oxygen atoms in total. The summed E-state index contributed by atoms with van der Waals surface area (Å²) in [6.07, 6.45) is -8.40. The van der Waals surface area contributed by atoms with Gasteiger partial charge in [-0.25, -0.2) is 13.8 Å². The van der Waals surface area contributed by atoms with Crippen molar-refractivity contribution in [2.24, 2.45) is 0 Å². The van der Waals surface area contributed by atoms with Crippen molar-refractivity contribution in [2.45, 2.75) is 12.6 Å². The molecule has 0 radical (unpaired) electrons. The first kappa shape index (κ1) is 13.1. The van der Waals surface area contributed by atoms with Crippen LogP contribution in [0.25, 0.3) is 0 Å². The van der Waals surface area contributed by atoms with Crippen molar-refractivity contribution in [1.82, 2.24) is 4.98 Å². The van der Waals surface area contributed by atoms with Gasteiger partial charge in [-0.3, -0.25) is 0 Å². The first-order valence-corrected chi connectivity index (χ1v) is 4.81. The number of halogens is 6. The lowest BCUT2D eigenvalue weighted by molar-refractivity contribution is -0.140. The summed E-state index contributed by atoms with van der Waals surface area (Å²) in [4.78, 5) is 3.11. The molecule has 16 heavy (non-hydrogen) atoms. The molecule has 0 unspecified atom stereocenters. The maximum absolute atomic E-state index is 12.5. The highest BCUT2D eigenvalue weighted by molar-refractivity contribution is 14.1. The van der Waals surface area contributed by atoms with Crippen LogP contribution in [0.2, 0.25) is 0 Å². The molecule has 1 heterocycles. The second-order valence-corrected chi connectivity index (χ2v) is 3.77. The van der Waals surface area contributed by atoms with Gasteiger partial charge >= 0.3 is 6.18 Å². The molecule has 0 amide bonds. The van der Waals surface area contributed by atoms with Crippen molar-refractivity contribution >= 4 is 22.6 Å². The van der Waals surface area contributed by atoms with Crippen LogP contribution >= 0.6 is 22.6 Å². The summed E-state index contributed by atoms with van der Waals surface area (Å²) in [5.74, 6) is 0. The number of alkyl halides is 5. The number of nitriles is 1. The van der Waals surface area contributed by atoms with Gasteiger partial charge in [-0.05, 0) is 28.7 Å². The normalized spacial score (nSPS) is 11.6. The summed E-state index contributed by atoms with van der Waals surface area (Å²) in [7, 11) is 0. The van der Waals surface area contributed by atoms with Crippen LogP contribution in [0.4, 0.5) is 22.0 Å². The monoisotopic (exact) mass is 348 g/mol. The molecule has 8 heteroatoms. The van der Waals surface area contributed by atoms with Crippen LogP contribution in [0.5, 0.6) is 0 Å². The Morgan fingerprint density at radius 1 is 1.38 bits per heavy atom. The van der Waals surface area contributed by atoms with E-state index in [1.165, 1.54) is 28.7 Å². The van der Waals surface area contributed by atoms with E-state index in [2.05, 4.69) is 4.98 Å². The van der Waals surface area contributed by atoms with Gasteiger partial charge in [-0.2, -0.15) is 18.4 Å². The smallest absolute Gasteiger partial charge is 0.240 e. The van der Waals surface area contributed by atoms with Crippen LogP contribution in [-0.2, 0) is 6.18 Å². The molecule has 1 rings (SSSR count). The Bertz CT molecular complexity index is 449. The Morgan fingerprint density at radius 2 is 1.94 bits per heavy atom. The minimum atomic E-state index is -5.02. The first-order chi connectivity index (χ1) is 7.27. The van der Waals surface area contributed by atoms with Gasteiger partial charge in [0, 0.05) is 0 Å². The number of aromatic nitrogens is 1. The molecule has 0 fully saturated rings. The zero-order valence-electron chi connectivity index (χ0n) is 7.32. The Kier molecular flexibility index (Phi) is 3.67. The summed E-state index contributed by atoms with van der Waals surface area (Å²) in [5, 5.41) is 8.49. The van der Waals surface area contributed by atoms with Gasteiger partial charge in [0.15, 0.2) is 0 Å². The van der Waals surface area contributed by atoms with Crippen molar-refractivity contribution in [1.29, 1.82) is 5.26 Å². The number of nitrogens with zero attached hydrogens (tertiary/aromatic N) is 2. The predicted molar refractivity (Wildman–Crippen MR) is 51.6 cm³/mol. The summed E-state index contributed by atoms with van der Waals surface area (Å²) in [5.41, 5.74) is -3.91. The summed E-state index contributed by atoms with van der Waals surface area (Å²) < 4.78 is 62.1. The molecule has 0 aliphatic heterocycles. The highest BCUT2D eigenvalue weighted by Crippen LogP contribution is 2.37. The highest BCUT2D eigenvalue weighted by Gasteiger charge is 2.39. The van der Waals surface area contributed by atoms with Gasteiger partial charge < -0.3 is 0 Å². The molecule has 0 bridgehead atoms. The van der Waals surface area contributed by atoms with E-state index in [0.717, 1.165) is 6.07 Å². The third kappa shape index (κ3) is 2.58. The Hall–Kier alpha value is -0.980.